The number of benzene rings is 1. The summed E-state index contributed by atoms with van der Waals surface area (Å²) in [5.74, 6) is 2.25. The van der Waals surface area contributed by atoms with Crippen LogP contribution in [0.1, 0.15) is 24.8 Å². The highest BCUT2D eigenvalue weighted by atomic mass is 32.2. The van der Waals surface area contributed by atoms with Crippen molar-refractivity contribution in [3.8, 4) is 0 Å². The summed E-state index contributed by atoms with van der Waals surface area (Å²) in [4.78, 5) is 1.59. The third-order valence-electron chi connectivity index (χ3n) is 3.25. The molecule has 1 heteroatoms. The van der Waals surface area contributed by atoms with Crippen molar-refractivity contribution in [1.29, 1.82) is 0 Å². The predicted molar refractivity (Wildman–Crippen MR) is 63.2 cm³/mol. The van der Waals surface area contributed by atoms with E-state index >= 15 is 0 Å². The molecular weight excluding hydrogens is 188 g/mol. The summed E-state index contributed by atoms with van der Waals surface area (Å²) < 4.78 is 0. The van der Waals surface area contributed by atoms with E-state index in [9.17, 15) is 0 Å². The van der Waals surface area contributed by atoms with Crippen LogP contribution in [0.4, 0.5) is 0 Å². The average Bonchev–Trinajstić information content (AvgIpc) is 2.79. The second-order valence-electron chi connectivity index (χ2n) is 4.12. The second-order valence-corrected chi connectivity index (χ2v) is 5.15. The van der Waals surface area contributed by atoms with E-state index < -0.39 is 0 Å². The number of fused-ring (bicyclic) bond motifs is 1. The van der Waals surface area contributed by atoms with Gasteiger partial charge < -0.3 is 0 Å². The van der Waals surface area contributed by atoms with Crippen LogP contribution in [0.2, 0.25) is 0 Å². The van der Waals surface area contributed by atoms with Crippen molar-refractivity contribution in [3.05, 3.63) is 41.5 Å². The highest BCUT2D eigenvalue weighted by Crippen LogP contribution is 2.49. The van der Waals surface area contributed by atoms with Crippen molar-refractivity contribution in [3.63, 3.8) is 0 Å². The Morgan fingerprint density at radius 3 is 2.86 bits per heavy atom. The standard InChI is InChI=1S/C13H14S/c1-2-5-10(6-3-1)13-12-8-4-7-11(12)9-14-13/h1-3,5-6,11H,4,7-9H2. The molecule has 1 unspecified atom stereocenters. The summed E-state index contributed by atoms with van der Waals surface area (Å²) in [5, 5.41) is 0. The van der Waals surface area contributed by atoms with Gasteiger partial charge in [0.15, 0.2) is 0 Å². The van der Waals surface area contributed by atoms with E-state index in [-0.39, 0.29) is 0 Å². The Bertz CT molecular complexity index is 364. The highest BCUT2D eigenvalue weighted by Gasteiger charge is 2.30. The highest BCUT2D eigenvalue weighted by molar-refractivity contribution is 8.08. The quantitative estimate of drug-likeness (QED) is 0.664. The van der Waals surface area contributed by atoms with Crippen molar-refractivity contribution in [2.45, 2.75) is 19.3 Å². The van der Waals surface area contributed by atoms with E-state index in [2.05, 4.69) is 42.1 Å². The van der Waals surface area contributed by atoms with Crippen molar-refractivity contribution in [2.24, 2.45) is 5.92 Å². The van der Waals surface area contributed by atoms with E-state index in [0.29, 0.717) is 0 Å². The molecule has 1 aliphatic carbocycles. The Morgan fingerprint density at radius 1 is 1.14 bits per heavy atom. The molecule has 0 nitrogen and oxygen atoms in total. The van der Waals surface area contributed by atoms with Crippen LogP contribution < -0.4 is 0 Å². The van der Waals surface area contributed by atoms with Gasteiger partial charge in [-0.2, -0.15) is 0 Å². The molecule has 1 heterocycles. The second kappa shape index (κ2) is 3.47. The van der Waals surface area contributed by atoms with Crippen molar-refractivity contribution in [2.75, 3.05) is 5.75 Å². The molecule has 0 bridgehead atoms. The minimum absolute atomic E-state index is 0.912. The molecule has 1 aromatic carbocycles. The van der Waals surface area contributed by atoms with Gasteiger partial charge in [-0.05, 0) is 30.7 Å². The van der Waals surface area contributed by atoms with Gasteiger partial charge in [0, 0.05) is 10.7 Å². The van der Waals surface area contributed by atoms with Gasteiger partial charge >= 0.3 is 0 Å². The molecule has 1 aliphatic heterocycles. The Kier molecular flexibility index (Phi) is 2.13. The van der Waals surface area contributed by atoms with E-state index in [1.165, 1.54) is 30.6 Å². The third-order valence-corrected chi connectivity index (χ3v) is 4.60. The van der Waals surface area contributed by atoms with Crippen LogP contribution in [0.3, 0.4) is 0 Å². The molecule has 14 heavy (non-hydrogen) atoms. The molecule has 0 aromatic heterocycles. The third kappa shape index (κ3) is 1.31. The molecule has 0 amide bonds. The van der Waals surface area contributed by atoms with Crippen LogP contribution in [0.15, 0.2) is 35.9 Å². The van der Waals surface area contributed by atoms with E-state index in [1.54, 1.807) is 10.5 Å². The zero-order chi connectivity index (χ0) is 9.38. The van der Waals surface area contributed by atoms with Crippen LogP contribution in [-0.2, 0) is 0 Å². The summed E-state index contributed by atoms with van der Waals surface area (Å²) in [6, 6.07) is 10.9. The fraction of sp³-hybridized carbons (Fsp3) is 0.385. The molecule has 1 saturated carbocycles. The maximum Gasteiger partial charge on any atom is 0.0140 e. The first-order valence-corrected chi connectivity index (χ1v) is 6.35. The van der Waals surface area contributed by atoms with E-state index in [0.717, 1.165) is 5.92 Å². The fourth-order valence-corrected chi connectivity index (χ4v) is 4.03. The first kappa shape index (κ1) is 8.60. The van der Waals surface area contributed by atoms with Crippen molar-refractivity contribution in [1.82, 2.24) is 0 Å². The lowest BCUT2D eigenvalue weighted by Crippen LogP contribution is -1.92. The maximum atomic E-state index is 2.25. The lowest BCUT2D eigenvalue weighted by molar-refractivity contribution is 0.714. The molecule has 3 rings (SSSR count). The molecule has 0 spiro atoms. The number of rotatable bonds is 1. The van der Waals surface area contributed by atoms with E-state index in [1.807, 2.05) is 0 Å². The largest absolute Gasteiger partial charge is 0.125 e. The van der Waals surface area contributed by atoms with Crippen molar-refractivity contribution >= 4 is 16.7 Å². The van der Waals surface area contributed by atoms with Crippen LogP contribution in [0.5, 0.6) is 0 Å². The molecule has 1 aromatic rings. The molecule has 0 saturated heterocycles. The minimum atomic E-state index is 0.912. The maximum absolute atomic E-state index is 2.25. The van der Waals surface area contributed by atoms with Crippen LogP contribution in [0, 0.1) is 5.92 Å². The number of hydrogen-bond donors (Lipinski definition) is 0. The number of allylic oxidation sites excluding steroid dienone is 1. The molecular formula is C13H14S. The topological polar surface area (TPSA) is 0 Å². The fourth-order valence-electron chi connectivity index (χ4n) is 2.53. The lowest BCUT2D eigenvalue weighted by atomic mass is 10.0. The van der Waals surface area contributed by atoms with Gasteiger partial charge in [-0.15, -0.1) is 11.8 Å². The molecule has 72 valence electrons. The summed E-state index contributed by atoms with van der Waals surface area (Å²) in [6.45, 7) is 0. The summed E-state index contributed by atoms with van der Waals surface area (Å²) in [5.41, 5.74) is 3.19. The van der Waals surface area contributed by atoms with Gasteiger partial charge in [0.25, 0.3) is 0 Å². The summed E-state index contributed by atoms with van der Waals surface area (Å²) in [6.07, 6.45) is 4.19. The Hall–Kier alpha value is -0.690. The van der Waals surface area contributed by atoms with Gasteiger partial charge in [-0.1, -0.05) is 35.9 Å². The lowest BCUT2D eigenvalue weighted by Gasteiger charge is -2.03. The van der Waals surface area contributed by atoms with Crippen LogP contribution in [-0.4, -0.2) is 5.75 Å². The first-order chi connectivity index (χ1) is 6.95. The van der Waals surface area contributed by atoms with Gasteiger partial charge in [-0.25, -0.2) is 0 Å². The molecule has 2 aliphatic rings. The van der Waals surface area contributed by atoms with Gasteiger partial charge in [0.05, 0.1) is 0 Å². The van der Waals surface area contributed by atoms with Crippen LogP contribution >= 0.6 is 11.8 Å². The zero-order valence-electron chi connectivity index (χ0n) is 8.20. The van der Waals surface area contributed by atoms with Gasteiger partial charge in [-0.3, -0.25) is 0 Å². The first-order valence-electron chi connectivity index (χ1n) is 5.36. The molecule has 1 atom stereocenters. The SMILES string of the molecule is c1ccc(C2=C3CCCC3CS2)cc1. The predicted octanol–water partition coefficient (Wildman–Crippen LogP) is 3.94. The Labute approximate surface area is 89.4 Å². The monoisotopic (exact) mass is 202 g/mol. The summed E-state index contributed by atoms with van der Waals surface area (Å²) in [7, 11) is 0. The number of hydrogen-bond acceptors (Lipinski definition) is 1. The van der Waals surface area contributed by atoms with Gasteiger partial charge in [0.2, 0.25) is 0 Å². The van der Waals surface area contributed by atoms with Crippen LogP contribution in [0.25, 0.3) is 4.91 Å². The van der Waals surface area contributed by atoms with Gasteiger partial charge in [0.1, 0.15) is 0 Å². The Morgan fingerprint density at radius 2 is 2.00 bits per heavy atom. The average molecular weight is 202 g/mol. The minimum Gasteiger partial charge on any atom is -0.125 e. The number of thioether (sulfide) groups is 1. The van der Waals surface area contributed by atoms with E-state index in [4.69, 9.17) is 0 Å². The Balaban J connectivity index is 2.03. The molecule has 0 N–H and O–H groups in total. The zero-order valence-corrected chi connectivity index (χ0v) is 9.02. The molecule has 1 fully saturated rings. The normalized spacial score (nSPS) is 25.6. The van der Waals surface area contributed by atoms with Crippen molar-refractivity contribution < 1.29 is 0 Å². The smallest absolute Gasteiger partial charge is 0.0140 e. The molecule has 0 radical (unpaired) electrons. The summed E-state index contributed by atoms with van der Waals surface area (Å²) >= 11 is 2.07.